The van der Waals surface area contributed by atoms with Gasteiger partial charge in [-0.2, -0.15) is 0 Å². The van der Waals surface area contributed by atoms with E-state index >= 15 is 0 Å². The molecule has 1 aromatic heterocycles. The van der Waals surface area contributed by atoms with Gasteiger partial charge in [-0.05, 0) is 24.7 Å². The zero-order valence-electron chi connectivity index (χ0n) is 10.3. The van der Waals surface area contributed by atoms with Crippen molar-refractivity contribution in [1.82, 2.24) is 9.97 Å². The number of H-pyrrole nitrogens is 1. The van der Waals surface area contributed by atoms with Gasteiger partial charge in [0.25, 0.3) is 5.56 Å². The molecule has 1 aliphatic heterocycles. The Balaban J connectivity index is 2.26. The van der Waals surface area contributed by atoms with Crippen LogP contribution in [0.25, 0.3) is 0 Å². The van der Waals surface area contributed by atoms with Gasteiger partial charge in [-0.25, -0.2) is 4.98 Å². The normalized spacial score (nSPS) is 18.6. The lowest BCUT2D eigenvalue weighted by atomic mass is 9.82. The van der Waals surface area contributed by atoms with E-state index in [1.807, 2.05) is 0 Å². The smallest absolute Gasteiger partial charge is 0.271 e. The summed E-state index contributed by atoms with van der Waals surface area (Å²) in [4.78, 5) is 20.3. The molecule has 5 heteroatoms. The minimum Gasteiger partial charge on any atom is -0.355 e. The van der Waals surface area contributed by atoms with Crippen molar-refractivity contribution in [3.63, 3.8) is 0 Å². The molecule has 1 aliphatic rings. The Hall–Kier alpha value is -1.03. The molecule has 4 nitrogen and oxygen atoms in total. The summed E-state index contributed by atoms with van der Waals surface area (Å²) in [6.07, 6.45) is 4.87. The van der Waals surface area contributed by atoms with Gasteiger partial charge in [0.15, 0.2) is 5.82 Å². The maximum absolute atomic E-state index is 11.4. The zero-order chi connectivity index (χ0) is 12.5. The first-order chi connectivity index (χ1) is 8.12. The van der Waals surface area contributed by atoms with E-state index in [0.717, 1.165) is 32.4 Å². The fourth-order valence-electron chi connectivity index (χ4n) is 2.54. The molecule has 1 saturated heterocycles. The van der Waals surface area contributed by atoms with Gasteiger partial charge in [0.1, 0.15) is 5.02 Å². The van der Waals surface area contributed by atoms with Crippen molar-refractivity contribution in [3.8, 4) is 0 Å². The first kappa shape index (κ1) is 12.4. The van der Waals surface area contributed by atoms with Crippen molar-refractivity contribution in [3.05, 3.63) is 21.7 Å². The molecule has 0 amide bonds. The third-order valence-corrected chi connectivity index (χ3v) is 4.36. The molecule has 17 heavy (non-hydrogen) atoms. The van der Waals surface area contributed by atoms with Gasteiger partial charge in [-0.1, -0.05) is 25.4 Å². The summed E-state index contributed by atoms with van der Waals surface area (Å²) in [6.45, 7) is 6.31. The van der Waals surface area contributed by atoms with Crippen LogP contribution in [0.4, 0.5) is 5.82 Å². The molecule has 1 aromatic rings. The average molecular weight is 256 g/mol. The number of hydrogen-bond donors (Lipinski definition) is 1. The van der Waals surface area contributed by atoms with Crippen LogP contribution in [0, 0.1) is 5.41 Å². The maximum atomic E-state index is 11.4. The van der Waals surface area contributed by atoms with Gasteiger partial charge < -0.3 is 9.88 Å². The van der Waals surface area contributed by atoms with Crippen molar-refractivity contribution in [2.24, 2.45) is 5.41 Å². The van der Waals surface area contributed by atoms with E-state index in [4.69, 9.17) is 11.6 Å². The van der Waals surface area contributed by atoms with Gasteiger partial charge in [0.05, 0.1) is 6.33 Å². The van der Waals surface area contributed by atoms with Crippen LogP contribution in [0.3, 0.4) is 0 Å². The van der Waals surface area contributed by atoms with E-state index in [-0.39, 0.29) is 10.6 Å². The molecular weight excluding hydrogens is 238 g/mol. The lowest BCUT2D eigenvalue weighted by molar-refractivity contribution is 0.301. The summed E-state index contributed by atoms with van der Waals surface area (Å²) in [5.74, 6) is 0.624. The molecule has 0 atom stereocenters. The molecule has 0 spiro atoms. The molecule has 2 heterocycles. The largest absolute Gasteiger partial charge is 0.355 e. The lowest BCUT2D eigenvalue weighted by Crippen LogP contribution is -2.28. The second-order valence-electron chi connectivity index (χ2n) is 4.75. The number of hydrogen-bond acceptors (Lipinski definition) is 3. The zero-order valence-corrected chi connectivity index (χ0v) is 11.0. The number of halogens is 1. The average Bonchev–Trinajstić information content (AvgIpc) is 2.78. The predicted octanol–water partition coefficient (Wildman–Crippen LogP) is 2.44. The Kier molecular flexibility index (Phi) is 3.43. The molecule has 0 radical (unpaired) electrons. The standard InChI is InChI=1S/C12H18ClN3O/c1-3-12(4-2)5-6-16(7-12)10-9(13)11(17)15-8-14-10/h8H,3-7H2,1-2H3,(H,14,15,17). The highest BCUT2D eigenvalue weighted by molar-refractivity contribution is 6.32. The Morgan fingerprint density at radius 2 is 2.24 bits per heavy atom. The third-order valence-electron chi connectivity index (χ3n) is 4.02. The van der Waals surface area contributed by atoms with Crippen molar-refractivity contribution >= 4 is 17.4 Å². The molecule has 0 saturated carbocycles. The van der Waals surface area contributed by atoms with Gasteiger partial charge in [0.2, 0.25) is 0 Å². The number of nitrogens with one attached hydrogen (secondary N) is 1. The minimum atomic E-state index is -0.262. The van der Waals surface area contributed by atoms with E-state index < -0.39 is 0 Å². The highest BCUT2D eigenvalue weighted by Crippen LogP contribution is 2.39. The molecule has 0 aliphatic carbocycles. The number of aromatic amines is 1. The van der Waals surface area contributed by atoms with Crippen LogP contribution in [-0.2, 0) is 0 Å². The van der Waals surface area contributed by atoms with Gasteiger partial charge in [-0.15, -0.1) is 0 Å². The molecule has 0 aromatic carbocycles. The Labute approximate surface area is 106 Å². The SMILES string of the molecule is CCC1(CC)CCN(c2nc[nH]c(=O)c2Cl)C1. The van der Waals surface area contributed by atoms with E-state index in [0.29, 0.717) is 11.2 Å². The summed E-state index contributed by atoms with van der Waals surface area (Å²) in [6, 6.07) is 0. The van der Waals surface area contributed by atoms with Crippen LogP contribution < -0.4 is 10.5 Å². The van der Waals surface area contributed by atoms with Crippen LogP contribution in [0.1, 0.15) is 33.1 Å². The molecular formula is C12H18ClN3O. The van der Waals surface area contributed by atoms with Crippen LogP contribution in [-0.4, -0.2) is 23.1 Å². The molecule has 1 fully saturated rings. The minimum absolute atomic E-state index is 0.204. The second kappa shape index (κ2) is 4.69. The lowest BCUT2D eigenvalue weighted by Gasteiger charge is -2.26. The van der Waals surface area contributed by atoms with E-state index in [9.17, 15) is 4.79 Å². The van der Waals surface area contributed by atoms with Crippen LogP contribution in [0.2, 0.25) is 5.02 Å². The van der Waals surface area contributed by atoms with Crippen molar-refractivity contribution in [1.29, 1.82) is 0 Å². The number of rotatable bonds is 3. The van der Waals surface area contributed by atoms with Gasteiger partial charge in [-0.3, -0.25) is 4.79 Å². The van der Waals surface area contributed by atoms with Crippen LogP contribution >= 0.6 is 11.6 Å². The van der Waals surface area contributed by atoms with Gasteiger partial charge >= 0.3 is 0 Å². The van der Waals surface area contributed by atoms with Crippen molar-refractivity contribution in [2.75, 3.05) is 18.0 Å². The first-order valence-electron chi connectivity index (χ1n) is 6.10. The summed E-state index contributed by atoms with van der Waals surface area (Å²) >= 11 is 6.00. The van der Waals surface area contributed by atoms with Gasteiger partial charge in [0, 0.05) is 13.1 Å². The second-order valence-corrected chi connectivity index (χ2v) is 5.13. The number of aromatic nitrogens is 2. The number of anilines is 1. The first-order valence-corrected chi connectivity index (χ1v) is 6.48. The van der Waals surface area contributed by atoms with Crippen molar-refractivity contribution in [2.45, 2.75) is 33.1 Å². The third kappa shape index (κ3) is 2.18. The van der Waals surface area contributed by atoms with E-state index in [1.165, 1.54) is 6.33 Å². The summed E-state index contributed by atoms with van der Waals surface area (Å²) in [5, 5.41) is 0.204. The summed E-state index contributed by atoms with van der Waals surface area (Å²) in [5.41, 5.74) is 0.0929. The molecule has 0 bridgehead atoms. The fraction of sp³-hybridized carbons (Fsp3) is 0.667. The molecule has 0 unspecified atom stereocenters. The van der Waals surface area contributed by atoms with E-state index in [2.05, 4.69) is 28.7 Å². The number of nitrogens with zero attached hydrogens (tertiary/aromatic N) is 2. The Morgan fingerprint density at radius 3 is 2.82 bits per heavy atom. The van der Waals surface area contributed by atoms with E-state index in [1.54, 1.807) is 0 Å². The monoisotopic (exact) mass is 255 g/mol. The van der Waals surface area contributed by atoms with Crippen LogP contribution in [0.5, 0.6) is 0 Å². The summed E-state index contributed by atoms with van der Waals surface area (Å²) in [7, 11) is 0. The topological polar surface area (TPSA) is 49.0 Å². The quantitative estimate of drug-likeness (QED) is 0.903. The maximum Gasteiger partial charge on any atom is 0.271 e. The highest BCUT2D eigenvalue weighted by atomic mass is 35.5. The van der Waals surface area contributed by atoms with Crippen LogP contribution in [0.15, 0.2) is 11.1 Å². The predicted molar refractivity (Wildman–Crippen MR) is 69.7 cm³/mol. The Bertz CT molecular complexity index is 453. The molecule has 94 valence electrons. The fourth-order valence-corrected chi connectivity index (χ4v) is 2.76. The molecule has 2 rings (SSSR count). The highest BCUT2D eigenvalue weighted by Gasteiger charge is 2.36. The Morgan fingerprint density at radius 1 is 1.53 bits per heavy atom. The van der Waals surface area contributed by atoms with Crippen molar-refractivity contribution < 1.29 is 0 Å². The summed E-state index contributed by atoms with van der Waals surface area (Å²) < 4.78 is 0. The molecule has 1 N–H and O–H groups in total.